The van der Waals surface area contributed by atoms with Gasteiger partial charge in [0.15, 0.2) is 11.6 Å². The summed E-state index contributed by atoms with van der Waals surface area (Å²) >= 11 is 0. The zero-order chi connectivity index (χ0) is 21.7. The first-order valence-electron chi connectivity index (χ1n) is 10.9. The highest BCUT2D eigenvalue weighted by Gasteiger charge is 2.47. The van der Waals surface area contributed by atoms with E-state index in [4.69, 9.17) is 14.4 Å². The molecule has 4 heterocycles. The molecule has 9 nitrogen and oxygen atoms in total. The van der Waals surface area contributed by atoms with Gasteiger partial charge in [-0.05, 0) is 49.7 Å². The van der Waals surface area contributed by atoms with Crippen LogP contribution >= 0.6 is 0 Å². The van der Waals surface area contributed by atoms with Gasteiger partial charge in [0, 0.05) is 35.5 Å². The third-order valence-corrected chi connectivity index (χ3v) is 6.92. The Balaban J connectivity index is 1.44. The fourth-order valence-electron chi connectivity index (χ4n) is 5.42. The molecule has 3 fully saturated rings. The lowest BCUT2D eigenvalue weighted by atomic mass is 9.61. The normalized spacial score (nSPS) is 24.6. The lowest BCUT2D eigenvalue weighted by Gasteiger charge is -2.47. The summed E-state index contributed by atoms with van der Waals surface area (Å²) in [5.74, 6) is 1.11. The van der Waals surface area contributed by atoms with Crippen molar-refractivity contribution in [3.8, 4) is 22.8 Å². The van der Waals surface area contributed by atoms with Gasteiger partial charge < -0.3 is 19.8 Å². The Morgan fingerprint density at radius 2 is 2.03 bits per heavy atom. The SMILES string of the molecule is O=C(O)C1C2CCC(CC2)C1Nc1cc(-c2ccco2)nc(-c2c[nH]c3ncncc23)n1. The molecular weight excluding hydrogens is 408 g/mol. The summed E-state index contributed by atoms with van der Waals surface area (Å²) in [5.41, 5.74) is 2.10. The van der Waals surface area contributed by atoms with Crippen LogP contribution in [0.4, 0.5) is 5.82 Å². The number of fused-ring (bicyclic) bond motifs is 4. The Morgan fingerprint density at radius 1 is 1.19 bits per heavy atom. The number of hydrogen-bond donors (Lipinski definition) is 3. The molecule has 9 heteroatoms. The van der Waals surface area contributed by atoms with E-state index in [9.17, 15) is 9.90 Å². The molecule has 0 amide bonds. The van der Waals surface area contributed by atoms with Gasteiger partial charge in [-0.15, -0.1) is 0 Å². The van der Waals surface area contributed by atoms with Crippen LogP contribution in [0.2, 0.25) is 0 Å². The van der Waals surface area contributed by atoms with E-state index in [1.165, 1.54) is 6.33 Å². The van der Waals surface area contributed by atoms with Gasteiger partial charge in [0.25, 0.3) is 0 Å². The number of nitrogens with zero attached hydrogens (tertiary/aromatic N) is 4. The average molecular weight is 430 g/mol. The highest BCUT2D eigenvalue weighted by molar-refractivity contribution is 5.91. The molecule has 0 aliphatic heterocycles. The van der Waals surface area contributed by atoms with Crippen molar-refractivity contribution in [2.45, 2.75) is 31.7 Å². The van der Waals surface area contributed by atoms with Crippen molar-refractivity contribution in [1.29, 1.82) is 0 Å². The Labute approximate surface area is 183 Å². The minimum atomic E-state index is -0.730. The second kappa shape index (κ2) is 7.44. The Hall–Kier alpha value is -3.75. The molecule has 3 aliphatic rings. The minimum absolute atomic E-state index is 0.154. The highest BCUT2D eigenvalue weighted by atomic mass is 16.4. The second-order valence-corrected chi connectivity index (χ2v) is 8.64. The predicted molar refractivity (Wildman–Crippen MR) is 117 cm³/mol. The highest BCUT2D eigenvalue weighted by Crippen LogP contribution is 2.46. The molecule has 0 saturated heterocycles. The molecule has 2 bridgehead atoms. The molecule has 2 atom stereocenters. The van der Waals surface area contributed by atoms with Gasteiger partial charge in [0.1, 0.15) is 23.5 Å². The molecule has 3 aliphatic carbocycles. The largest absolute Gasteiger partial charge is 0.481 e. The Kier molecular flexibility index (Phi) is 4.41. The number of aliphatic carboxylic acids is 1. The van der Waals surface area contributed by atoms with Crippen molar-refractivity contribution in [2.75, 3.05) is 5.32 Å². The number of furan rings is 1. The molecular formula is C23H22N6O3. The van der Waals surface area contributed by atoms with Crippen LogP contribution in [0.15, 0.2) is 47.6 Å². The maximum absolute atomic E-state index is 12.1. The lowest BCUT2D eigenvalue weighted by Crippen LogP contribution is -2.51. The topological polar surface area (TPSA) is 130 Å². The van der Waals surface area contributed by atoms with Crippen LogP contribution in [-0.4, -0.2) is 42.0 Å². The maximum Gasteiger partial charge on any atom is 0.308 e. The molecule has 4 aromatic rings. The molecule has 0 aromatic carbocycles. The molecule has 162 valence electrons. The number of hydrogen-bond acceptors (Lipinski definition) is 7. The average Bonchev–Trinajstić information content (AvgIpc) is 3.50. The number of nitrogens with one attached hydrogen (secondary N) is 2. The summed E-state index contributed by atoms with van der Waals surface area (Å²) in [6.45, 7) is 0. The standard InChI is InChI=1S/C23H22N6O3/c30-23(31)19-12-3-5-13(6-4-12)20(19)28-18-8-16(17-2-1-7-32-17)27-22(29-18)15-10-25-21-14(15)9-24-11-26-21/h1-2,7-13,19-20H,3-6H2,(H,30,31)(H,24,25,26)(H,27,28,29). The summed E-state index contributed by atoms with van der Waals surface area (Å²) in [4.78, 5) is 33.1. The first kappa shape index (κ1) is 19.0. The molecule has 7 rings (SSSR count). The van der Waals surface area contributed by atoms with Crippen LogP contribution in [0.25, 0.3) is 33.9 Å². The van der Waals surface area contributed by atoms with Crippen LogP contribution in [0.1, 0.15) is 25.7 Å². The van der Waals surface area contributed by atoms with Crippen molar-refractivity contribution in [1.82, 2.24) is 24.9 Å². The first-order valence-corrected chi connectivity index (χ1v) is 10.9. The Bertz CT molecular complexity index is 1280. The minimum Gasteiger partial charge on any atom is -0.481 e. The molecule has 4 aromatic heterocycles. The van der Waals surface area contributed by atoms with E-state index >= 15 is 0 Å². The number of H-pyrrole nitrogens is 1. The van der Waals surface area contributed by atoms with E-state index in [0.29, 0.717) is 34.7 Å². The van der Waals surface area contributed by atoms with E-state index in [1.807, 2.05) is 24.4 Å². The lowest BCUT2D eigenvalue weighted by molar-refractivity contribution is -0.148. The summed E-state index contributed by atoms with van der Waals surface area (Å²) in [6, 6.07) is 5.33. The fraction of sp³-hybridized carbons (Fsp3) is 0.348. The zero-order valence-electron chi connectivity index (χ0n) is 17.2. The number of rotatable bonds is 5. The molecule has 3 saturated carbocycles. The van der Waals surface area contributed by atoms with Gasteiger partial charge in [0.2, 0.25) is 0 Å². The first-order chi connectivity index (χ1) is 15.7. The van der Waals surface area contributed by atoms with Crippen LogP contribution in [0, 0.1) is 17.8 Å². The number of carboxylic acid groups (broad SMARTS) is 1. The summed E-state index contributed by atoms with van der Waals surface area (Å²) in [5, 5.41) is 14.2. The third kappa shape index (κ3) is 3.12. The fourth-order valence-corrected chi connectivity index (χ4v) is 5.42. The van der Waals surface area contributed by atoms with E-state index in [2.05, 4.69) is 20.3 Å². The molecule has 2 unspecified atom stereocenters. The van der Waals surface area contributed by atoms with Gasteiger partial charge in [-0.2, -0.15) is 0 Å². The number of anilines is 1. The van der Waals surface area contributed by atoms with E-state index in [1.54, 1.807) is 12.5 Å². The summed E-state index contributed by atoms with van der Waals surface area (Å²) < 4.78 is 5.59. The van der Waals surface area contributed by atoms with Gasteiger partial charge in [-0.3, -0.25) is 4.79 Å². The van der Waals surface area contributed by atoms with E-state index < -0.39 is 11.9 Å². The quantitative estimate of drug-likeness (QED) is 0.433. The number of carboxylic acids is 1. The van der Waals surface area contributed by atoms with Gasteiger partial charge in [-0.1, -0.05) is 0 Å². The van der Waals surface area contributed by atoms with E-state index in [-0.39, 0.29) is 12.0 Å². The third-order valence-electron chi connectivity index (χ3n) is 6.92. The van der Waals surface area contributed by atoms with Crippen molar-refractivity contribution >= 4 is 22.8 Å². The molecule has 0 radical (unpaired) electrons. The Morgan fingerprint density at radius 3 is 2.81 bits per heavy atom. The van der Waals surface area contributed by atoms with Crippen LogP contribution in [0.3, 0.4) is 0 Å². The molecule has 3 N–H and O–H groups in total. The van der Waals surface area contributed by atoms with Gasteiger partial charge in [0.05, 0.1) is 12.2 Å². The number of aromatic amines is 1. The van der Waals surface area contributed by atoms with E-state index in [0.717, 1.165) is 36.6 Å². The molecule has 32 heavy (non-hydrogen) atoms. The number of aromatic nitrogens is 5. The monoisotopic (exact) mass is 430 g/mol. The number of carbonyl (C=O) groups is 1. The smallest absolute Gasteiger partial charge is 0.308 e. The zero-order valence-corrected chi connectivity index (χ0v) is 17.2. The summed E-state index contributed by atoms with van der Waals surface area (Å²) in [6.07, 6.45) is 10.7. The maximum atomic E-state index is 12.1. The van der Waals surface area contributed by atoms with Gasteiger partial charge >= 0.3 is 5.97 Å². The van der Waals surface area contributed by atoms with Crippen molar-refractivity contribution in [2.24, 2.45) is 17.8 Å². The van der Waals surface area contributed by atoms with Gasteiger partial charge in [-0.25, -0.2) is 19.9 Å². The second-order valence-electron chi connectivity index (χ2n) is 8.64. The van der Waals surface area contributed by atoms with Crippen LogP contribution in [0.5, 0.6) is 0 Å². The summed E-state index contributed by atoms with van der Waals surface area (Å²) in [7, 11) is 0. The van der Waals surface area contributed by atoms with Crippen molar-refractivity contribution < 1.29 is 14.3 Å². The predicted octanol–water partition coefficient (Wildman–Crippen LogP) is 3.98. The molecule has 0 spiro atoms. The van der Waals surface area contributed by atoms with Crippen LogP contribution < -0.4 is 5.32 Å². The van der Waals surface area contributed by atoms with Crippen molar-refractivity contribution in [3.63, 3.8) is 0 Å². The van der Waals surface area contributed by atoms with Crippen molar-refractivity contribution in [3.05, 3.63) is 43.2 Å². The van der Waals surface area contributed by atoms with Crippen LogP contribution in [-0.2, 0) is 4.79 Å².